The van der Waals surface area contributed by atoms with Crippen LogP contribution in [-0.4, -0.2) is 131 Å². The number of nitrogens with one attached hydrogen (secondary N) is 4. The molecular formula is C39H64N4O13. The lowest BCUT2D eigenvalue weighted by Crippen LogP contribution is -2.41. The molecule has 4 amide bonds. The van der Waals surface area contributed by atoms with Crippen LogP contribution in [-0.2, 0) is 42.9 Å². The Morgan fingerprint density at radius 3 is 1.62 bits per heavy atom. The highest BCUT2D eigenvalue weighted by atomic mass is 16.5. The van der Waals surface area contributed by atoms with E-state index in [2.05, 4.69) is 21.3 Å². The molecule has 0 heterocycles. The largest absolute Gasteiger partial charge is 0.494 e. The van der Waals surface area contributed by atoms with Crippen molar-refractivity contribution in [1.29, 1.82) is 0 Å². The summed E-state index contributed by atoms with van der Waals surface area (Å²) >= 11 is 0. The van der Waals surface area contributed by atoms with Gasteiger partial charge in [-0.3, -0.25) is 19.2 Å². The number of hydrogen-bond acceptors (Lipinski definition) is 11. The standard InChI is InChI=1S/C39H64N4O13/c1-2-3-19-40-36(46)29-54-27-26-53-24-21-42-37(47)30-55-28-25-52-23-20-41-34(44)18-17-33(39(50)51)43-35(45)12-10-8-6-4-5-7-9-11-22-56-32-15-13-31(14-16-32)38(48)49/h13-16,33H,2-12,17-30H2,1H3,(H,40,46)(H,41,44)(H,42,47)(H,43,45)(H,48,49)(H,50,51)/t33-/m0/s1. The summed E-state index contributed by atoms with van der Waals surface area (Å²) in [4.78, 5) is 70.3. The van der Waals surface area contributed by atoms with Crippen LogP contribution < -0.4 is 26.0 Å². The second kappa shape index (κ2) is 34.0. The molecule has 0 aliphatic carbocycles. The van der Waals surface area contributed by atoms with E-state index >= 15 is 0 Å². The average molecular weight is 797 g/mol. The van der Waals surface area contributed by atoms with E-state index in [4.69, 9.17) is 28.8 Å². The number of aliphatic carboxylic acids is 1. The van der Waals surface area contributed by atoms with Gasteiger partial charge in [-0.05, 0) is 49.9 Å². The summed E-state index contributed by atoms with van der Waals surface area (Å²) < 4.78 is 26.9. The number of amides is 4. The molecule has 0 spiro atoms. The number of unbranched alkanes of at least 4 members (excludes halogenated alkanes) is 8. The lowest BCUT2D eigenvalue weighted by atomic mass is 10.1. The fraction of sp³-hybridized carbons (Fsp3) is 0.692. The van der Waals surface area contributed by atoms with Crippen molar-refractivity contribution in [2.45, 2.75) is 96.4 Å². The van der Waals surface area contributed by atoms with Crippen molar-refractivity contribution < 1.29 is 62.7 Å². The Bertz CT molecular complexity index is 1250. The Morgan fingerprint density at radius 2 is 1.07 bits per heavy atom. The highest BCUT2D eigenvalue weighted by Crippen LogP contribution is 2.14. The van der Waals surface area contributed by atoms with Crippen LogP contribution in [0.3, 0.4) is 0 Å². The molecule has 0 aliphatic heterocycles. The summed E-state index contributed by atoms with van der Waals surface area (Å²) in [5.41, 5.74) is 0.225. The van der Waals surface area contributed by atoms with Gasteiger partial charge in [-0.25, -0.2) is 9.59 Å². The minimum absolute atomic E-state index is 0.0134. The summed E-state index contributed by atoms with van der Waals surface area (Å²) in [6.07, 6.45) is 9.67. The first-order valence-electron chi connectivity index (χ1n) is 19.7. The van der Waals surface area contributed by atoms with Crippen molar-refractivity contribution in [3.05, 3.63) is 29.8 Å². The van der Waals surface area contributed by atoms with Gasteiger partial charge in [0.25, 0.3) is 0 Å². The smallest absolute Gasteiger partial charge is 0.335 e. The number of ether oxygens (including phenoxy) is 5. The number of carboxylic acids is 2. The topological polar surface area (TPSA) is 237 Å². The number of carboxylic acid groups (broad SMARTS) is 2. The van der Waals surface area contributed by atoms with Gasteiger partial charge in [0.1, 0.15) is 25.0 Å². The van der Waals surface area contributed by atoms with Crippen molar-refractivity contribution in [3.8, 4) is 5.75 Å². The van der Waals surface area contributed by atoms with Crippen LogP contribution in [0.5, 0.6) is 5.75 Å². The molecule has 0 fully saturated rings. The first-order chi connectivity index (χ1) is 27.1. The molecule has 0 saturated heterocycles. The average Bonchev–Trinajstić information content (AvgIpc) is 3.17. The predicted molar refractivity (Wildman–Crippen MR) is 206 cm³/mol. The first kappa shape index (κ1) is 49.7. The third-order valence-electron chi connectivity index (χ3n) is 8.16. The Morgan fingerprint density at radius 1 is 0.554 bits per heavy atom. The van der Waals surface area contributed by atoms with E-state index in [0.717, 1.165) is 57.8 Å². The fourth-order valence-electron chi connectivity index (χ4n) is 5.02. The van der Waals surface area contributed by atoms with Crippen molar-refractivity contribution in [2.75, 3.05) is 79.1 Å². The van der Waals surface area contributed by atoms with Crippen molar-refractivity contribution in [1.82, 2.24) is 21.3 Å². The van der Waals surface area contributed by atoms with Crippen LogP contribution >= 0.6 is 0 Å². The molecule has 1 aromatic carbocycles. The molecule has 0 aromatic heterocycles. The van der Waals surface area contributed by atoms with Crippen LogP contribution in [0, 0.1) is 0 Å². The quantitative estimate of drug-likeness (QED) is 0.0532. The van der Waals surface area contributed by atoms with E-state index in [1.807, 2.05) is 6.92 Å². The van der Waals surface area contributed by atoms with Gasteiger partial charge in [-0.2, -0.15) is 0 Å². The molecule has 6 N–H and O–H groups in total. The third kappa shape index (κ3) is 29.0. The van der Waals surface area contributed by atoms with E-state index in [1.165, 1.54) is 12.1 Å². The molecule has 1 atom stereocenters. The minimum Gasteiger partial charge on any atom is -0.494 e. The Hall–Kier alpha value is -4.32. The molecule has 0 saturated carbocycles. The van der Waals surface area contributed by atoms with Crippen LogP contribution in [0.25, 0.3) is 0 Å². The fourth-order valence-corrected chi connectivity index (χ4v) is 5.02. The second-order valence-electron chi connectivity index (χ2n) is 13.0. The van der Waals surface area contributed by atoms with Gasteiger partial charge >= 0.3 is 11.9 Å². The molecule has 56 heavy (non-hydrogen) atoms. The Kier molecular flexibility index (Phi) is 30.1. The summed E-state index contributed by atoms with van der Waals surface area (Å²) in [5.74, 6) is -2.68. The van der Waals surface area contributed by atoms with Gasteiger partial charge in [0.05, 0.1) is 51.8 Å². The summed E-state index contributed by atoms with van der Waals surface area (Å²) in [6, 6.07) is 5.19. The molecule has 1 rings (SSSR count). The van der Waals surface area contributed by atoms with E-state index in [1.54, 1.807) is 12.1 Å². The molecule has 1 aromatic rings. The van der Waals surface area contributed by atoms with Gasteiger partial charge in [0.2, 0.25) is 23.6 Å². The van der Waals surface area contributed by atoms with Gasteiger partial charge < -0.3 is 55.2 Å². The SMILES string of the molecule is CCCCNC(=O)COCCOCCNC(=O)COCCOCCNC(=O)CC[C@H](NC(=O)CCCCCCCCCCOc1ccc(C(=O)O)cc1)C(=O)O. The van der Waals surface area contributed by atoms with Gasteiger partial charge in [-0.1, -0.05) is 51.9 Å². The van der Waals surface area contributed by atoms with Crippen LogP contribution in [0.1, 0.15) is 101 Å². The van der Waals surface area contributed by atoms with Gasteiger partial charge in [-0.15, -0.1) is 0 Å². The summed E-state index contributed by atoms with van der Waals surface area (Å²) in [5, 5.41) is 29.0. The maximum Gasteiger partial charge on any atom is 0.335 e. The highest BCUT2D eigenvalue weighted by Gasteiger charge is 2.20. The van der Waals surface area contributed by atoms with Crippen LogP contribution in [0.15, 0.2) is 24.3 Å². The maximum atomic E-state index is 12.3. The minimum atomic E-state index is -1.19. The summed E-state index contributed by atoms with van der Waals surface area (Å²) in [7, 11) is 0. The number of benzene rings is 1. The van der Waals surface area contributed by atoms with Crippen molar-refractivity contribution >= 4 is 35.6 Å². The monoisotopic (exact) mass is 796 g/mol. The lowest BCUT2D eigenvalue weighted by molar-refractivity contribution is -0.142. The third-order valence-corrected chi connectivity index (χ3v) is 8.16. The highest BCUT2D eigenvalue weighted by molar-refractivity contribution is 5.87. The van der Waals surface area contributed by atoms with Gasteiger partial charge in [0, 0.05) is 32.5 Å². The normalized spacial score (nSPS) is 11.4. The van der Waals surface area contributed by atoms with Crippen molar-refractivity contribution in [2.24, 2.45) is 0 Å². The first-order valence-corrected chi connectivity index (χ1v) is 19.7. The van der Waals surface area contributed by atoms with Gasteiger partial charge in [0.15, 0.2) is 0 Å². The number of rotatable bonds is 37. The maximum absolute atomic E-state index is 12.3. The van der Waals surface area contributed by atoms with Crippen LogP contribution in [0.2, 0.25) is 0 Å². The predicted octanol–water partition coefficient (Wildman–Crippen LogP) is 2.84. The molecule has 0 aliphatic rings. The number of hydrogen-bond donors (Lipinski definition) is 6. The number of aromatic carboxylic acids is 1. The number of carbonyl (C=O) groups excluding carboxylic acids is 4. The van der Waals surface area contributed by atoms with Crippen molar-refractivity contribution in [3.63, 3.8) is 0 Å². The van der Waals surface area contributed by atoms with E-state index < -0.39 is 18.0 Å². The van der Waals surface area contributed by atoms with E-state index in [0.29, 0.717) is 45.1 Å². The molecular weight excluding hydrogens is 732 g/mol. The zero-order valence-electron chi connectivity index (χ0n) is 32.9. The van der Waals surface area contributed by atoms with E-state index in [9.17, 15) is 33.9 Å². The molecule has 0 radical (unpaired) electrons. The molecule has 17 heteroatoms. The lowest BCUT2D eigenvalue weighted by Gasteiger charge is -2.14. The second-order valence-corrected chi connectivity index (χ2v) is 13.0. The Balaban J connectivity index is 1.94. The number of carbonyl (C=O) groups is 6. The zero-order chi connectivity index (χ0) is 41.1. The van der Waals surface area contributed by atoms with Crippen LogP contribution in [0.4, 0.5) is 0 Å². The molecule has 0 bridgehead atoms. The zero-order valence-corrected chi connectivity index (χ0v) is 32.9. The molecule has 17 nitrogen and oxygen atoms in total. The summed E-state index contributed by atoms with van der Waals surface area (Å²) in [6.45, 7) is 5.07. The van der Waals surface area contributed by atoms with E-state index in [-0.39, 0.29) is 94.6 Å². The molecule has 318 valence electrons. The Labute approximate surface area is 330 Å². The molecule has 0 unspecified atom stereocenters.